The highest BCUT2D eigenvalue weighted by atomic mass is 16.7. The van der Waals surface area contributed by atoms with Crippen LogP contribution in [0, 0.1) is 10.1 Å². The topological polar surface area (TPSA) is 140 Å². The molecule has 2 aromatic heterocycles. The molecule has 0 saturated carbocycles. The van der Waals surface area contributed by atoms with Gasteiger partial charge in [0, 0.05) is 12.0 Å². The monoisotopic (exact) mass is 387 g/mol. The summed E-state index contributed by atoms with van der Waals surface area (Å²) >= 11 is 0. The van der Waals surface area contributed by atoms with Crippen LogP contribution in [0.1, 0.15) is 12.6 Å². The molecule has 0 unspecified atom stereocenters. The number of amides is 1. The fraction of sp³-hybridized carbons (Fsp3) is 0.222. The Morgan fingerprint density at radius 2 is 2.11 bits per heavy atom. The lowest BCUT2D eigenvalue weighted by Gasteiger charge is -2.04. The molecule has 1 amide bonds. The van der Waals surface area contributed by atoms with E-state index in [4.69, 9.17) is 19.6 Å². The number of hydrogen-bond acceptors (Lipinski definition) is 8. The minimum Gasteiger partial charge on any atom is -0.468 e. The third-order valence-corrected chi connectivity index (χ3v) is 3.73. The van der Waals surface area contributed by atoms with Gasteiger partial charge in [0.2, 0.25) is 0 Å². The van der Waals surface area contributed by atoms with E-state index >= 15 is 0 Å². The Balaban J connectivity index is 1.92. The van der Waals surface area contributed by atoms with Gasteiger partial charge in [-0.3, -0.25) is 0 Å². The summed E-state index contributed by atoms with van der Waals surface area (Å²) in [5.74, 6) is 0.441. The molecule has 3 aromatic rings. The molecule has 1 aromatic carbocycles. The fourth-order valence-electron chi connectivity index (χ4n) is 2.48. The number of nitrogens with two attached hydrogens (primary N) is 1. The van der Waals surface area contributed by atoms with Crippen LogP contribution in [0.3, 0.4) is 0 Å². The minimum atomic E-state index is -0.992. The van der Waals surface area contributed by atoms with Crippen molar-refractivity contribution in [1.82, 2.24) is 4.98 Å². The average Bonchev–Trinajstić information content (AvgIpc) is 3.09. The van der Waals surface area contributed by atoms with Crippen LogP contribution in [0.25, 0.3) is 22.3 Å². The molecule has 2 N–H and O–H groups in total. The SMILES string of the molecule is CCOCOc1ccc2oc(-c3ccc(COC(N)=O)nc3[N+](=O)[O-])cc2c1. The normalized spacial score (nSPS) is 10.8. The molecular formula is C18H17N3O7. The van der Waals surface area contributed by atoms with Crippen molar-refractivity contribution in [1.29, 1.82) is 0 Å². The van der Waals surface area contributed by atoms with Gasteiger partial charge in [0.1, 0.15) is 22.7 Å². The maximum atomic E-state index is 11.4. The molecule has 146 valence electrons. The van der Waals surface area contributed by atoms with E-state index in [1.807, 2.05) is 6.92 Å². The van der Waals surface area contributed by atoms with Crippen LogP contribution < -0.4 is 10.5 Å². The van der Waals surface area contributed by atoms with Crippen molar-refractivity contribution < 1.29 is 28.3 Å². The average molecular weight is 387 g/mol. The number of primary amides is 1. The van der Waals surface area contributed by atoms with Crippen molar-refractivity contribution in [2.75, 3.05) is 13.4 Å². The number of hydrogen-bond donors (Lipinski definition) is 1. The van der Waals surface area contributed by atoms with Crippen molar-refractivity contribution in [3.63, 3.8) is 0 Å². The van der Waals surface area contributed by atoms with Gasteiger partial charge < -0.3 is 34.5 Å². The Hall–Kier alpha value is -3.66. The second kappa shape index (κ2) is 8.35. The Morgan fingerprint density at radius 1 is 1.29 bits per heavy atom. The van der Waals surface area contributed by atoms with Gasteiger partial charge >= 0.3 is 11.9 Å². The number of nitrogens with zero attached hydrogens (tertiary/aromatic N) is 2. The number of carbonyl (C=O) groups is 1. The summed E-state index contributed by atoms with van der Waals surface area (Å²) in [6, 6.07) is 9.80. The van der Waals surface area contributed by atoms with Crippen LogP contribution in [0.15, 0.2) is 40.8 Å². The third kappa shape index (κ3) is 4.35. The third-order valence-electron chi connectivity index (χ3n) is 3.73. The van der Waals surface area contributed by atoms with Crippen molar-refractivity contribution in [3.8, 4) is 17.1 Å². The molecule has 0 aliphatic carbocycles. The summed E-state index contributed by atoms with van der Waals surface area (Å²) in [6.45, 7) is 2.25. The van der Waals surface area contributed by atoms with Crippen molar-refractivity contribution in [3.05, 3.63) is 52.2 Å². The molecule has 10 nitrogen and oxygen atoms in total. The van der Waals surface area contributed by atoms with Gasteiger partial charge in [0.05, 0.1) is 0 Å². The number of furan rings is 1. The highest BCUT2D eigenvalue weighted by Gasteiger charge is 2.22. The predicted molar refractivity (Wildman–Crippen MR) is 97.6 cm³/mol. The maximum absolute atomic E-state index is 11.4. The molecule has 0 radical (unpaired) electrons. The van der Waals surface area contributed by atoms with Gasteiger partial charge in [-0.25, -0.2) is 4.79 Å². The zero-order valence-corrected chi connectivity index (χ0v) is 14.9. The molecule has 2 heterocycles. The lowest BCUT2D eigenvalue weighted by molar-refractivity contribution is -0.389. The first-order valence-electron chi connectivity index (χ1n) is 8.29. The smallest absolute Gasteiger partial charge is 0.404 e. The Bertz CT molecular complexity index is 1020. The summed E-state index contributed by atoms with van der Waals surface area (Å²) in [5.41, 5.74) is 5.82. The lowest BCUT2D eigenvalue weighted by Crippen LogP contribution is -2.13. The first-order chi connectivity index (χ1) is 13.5. The number of aromatic nitrogens is 1. The summed E-state index contributed by atoms with van der Waals surface area (Å²) in [7, 11) is 0. The lowest BCUT2D eigenvalue weighted by atomic mass is 10.1. The predicted octanol–water partition coefficient (Wildman–Crippen LogP) is 3.37. The largest absolute Gasteiger partial charge is 0.468 e. The first kappa shape index (κ1) is 19.1. The molecular weight excluding hydrogens is 370 g/mol. The van der Waals surface area contributed by atoms with E-state index in [-0.39, 0.29) is 30.4 Å². The fourth-order valence-corrected chi connectivity index (χ4v) is 2.48. The molecule has 0 aliphatic rings. The molecule has 28 heavy (non-hydrogen) atoms. The van der Waals surface area contributed by atoms with Crippen molar-refractivity contribution in [2.45, 2.75) is 13.5 Å². The summed E-state index contributed by atoms with van der Waals surface area (Å²) in [5, 5.41) is 12.1. The zero-order valence-electron chi connectivity index (χ0n) is 14.9. The molecule has 0 spiro atoms. The number of benzene rings is 1. The first-order valence-corrected chi connectivity index (χ1v) is 8.29. The highest BCUT2D eigenvalue weighted by Crippen LogP contribution is 2.34. The molecule has 0 saturated heterocycles. The van der Waals surface area contributed by atoms with Gasteiger partial charge in [-0.1, -0.05) is 0 Å². The summed E-state index contributed by atoms with van der Waals surface area (Å²) in [4.78, 5) is 25.4. The second-order valence-electron chi connectivity index (χ2n) is 5.60. The molecule has 10 heteroatoms. The number of carbonyl (C=O) groups excluding carboxylic acids is 1. The number of rotatable bonds is 8. The van der Waals surface area contributed by atoms with Crippen molar-refractivity contribution >= 4 is 22.9 Å². The number of fused-ring (bicyclic) bond motifs is 1. The second-order valence-corrected chi connectivity index (χ2v) is 5.60. The van der Waals surface area contributed by atoms with E-state index < -0.39 is 16.8 Å². The van der Waals surface area contributed by atoms with Crippen molar-refractivity contribution in [2.24, 2.45) is 5.73 Å². The van der Waals surface area contributed by atoms with E-state index in [0.29, 0.717) is 23.3 Å². The van der Waals surface area contributed by atoms with E-state index in [9.17, 15) is 14.9 Å². The van der Waals surface area contributed by atoms with E-state index in [1.165, 1.54) is 12.1 Å². The molecule has 0 atom stereocenters. The van der Waals surface area contributed by atoms with Gasteiger partial charge in [0.25, 0.3) is 0 Å². The maximum Gasteiger partial charge on any atom is 0.404 e. The zero-order chi connectivity index (χ0) is 20.1. The number of pyridine rings is 1. The number of nitro groups is 1. The Kier molecular flexibility index (Phi) is 5.70. The Labute approximate surface area is 159 Å². The van der Waals surface area contributed by atoms with Crippen LogP contribution in [0.5, 0.6) is 5.75 Å². The van der Waals surface area contributed by atoms with Crippen LogP contribution in [0.2, 0.25) is 0 Å². The van der Waals surface area contributed by atoms with E-state index in [1.54, 1.807) is 24.3 Å². The minimum absolute atomic E-state index is 0.122. The van der Waals surface area contributed by atoms with E-state index in [2.05, 4.69) is 9.72 Å². The van der Waals surface area contributed by atoms with Gasteiger partial charge in [-0.15, -0.1) is 0 Å². The molecule has 0 aliphatic heterocycles. The van der Waals surface area contributed by atoms with Crippen LogP contribution in [-0.2, 0) is 16.1 Å². The Morgan fingerprint density at radius 3 is 2.82 bits per heavy atom. The van der Waals surface area contributed by atoms with E-state index in [0.717, 1.165) is 0 Å². The van der Waals surface area contributed by atoms with Crippen LogP contribution in [0.4, 0.5) is 10.6 Å². The standard InChI is InChI=1S/C18H17N3O7/c1-2-25-10-27-13-4-6-15-11(7-13)8-16(28-15)14-5-3-12(9-26-18(19)22)20-17(14)21(23)24/h3-8H,2,9-10H2,1H3,(H2,19,22). The van der Waals surface area contributed by atoms with Gasteiger partial charge in [0.15, 0.2) is 19.1 Å². The summed E-state index contributed by atoms with van der Waals surface area (Å²) in [6.07, 6.45) is -0.992. The quantitative estimate of drug-likeness (QED) is 0.268. The molecule has 0 bridgehead atoms. The van der Waals surface area contributed by atoms with Crippen LogP contribution in [-0.4, -0.2) is 29.4 Å². The van der Waals surface area contributed by atoms with Crippen LogP contribution >= 0.6 is 0 Å². The number of ether oxygens (including phenoxy) is 3. The van der Waals surface area contributed by atoms with Gasteiger partial charge in [-0.05, 0) is 53.2 Å². The molecule has 0 fully saturated rings. The van der Waals surface area contributed by atoms with Gasteiger partial charge in [-0.2, -0.15) is 0 Å². The highest BCUT2D eigenvalue weighted by molar-refractivity contribution is 5.85. The summed E-state index contributed by atoms with van der Waals surface area (Å²) < 4.78 is 20.9. The molecule has 3 rings (SSSR count).